The van der Waals surface area contributed by atoms with Gasteiger partial charge in [-0.15, -0.1) is 12.4 Å². The molecule has 0 radical (unpaired) electrons. The average molecular weight is 309 g/mol. The van der Waals surface area contributed by atoms with E-state index in [2.05, 4.69) is 5.14 Å². The molecule has 0 fully saturated rings. The summed E-state index contributed by atoms with van der Waals surface area (Å²) in [4.78, 5) is 10.1. The standard InChI is InChI=1S/C5H11NO2S.C3H9NO2S.ClH/c1-9-3-2-4(6)5(7)8;1-3(2)7(4,5)6;/h4H,2-3,6H2,1H3,(H,7,8);3H,1-2H3,(H2,4,5,6);1H. The molecule has 0 aromatic carbocycles. The first-order valence-electron chi connectivity index (χ1n) is 4.61. The fourth-order valence-electron chi connectivity index (χ4n) is 0.368. The molecule has 5 N–H and O–H groups in total. The second-order valence-corrected chi connectivity index (χ2v) is 6.47. The summed E-state index contributed by atoms with van der Waals surface area (Å²) in [6, 6.07) is -0.683. The van der Waals surface area contributed by atoms with Gasteiger partial charge < -0.3 is 10.8 Å². The van der Waals surface area contributed by atoms with Crippen LogP contribution in [0.2, 0.25) is 0 Å². The van der Waals surface area contributed by atoms with Gasteiger partial charge in [0.2, 0.25) is 10.0 Å². The highest BCUT2D eigenvalue weighted by molar-refractivity contribution is 7.98. The Kier molecular flexibility index (Phi) is 14.5. The molecule has 0 rings (SSSR count). The molecule has 0 aromatic heterocycles. The third-order valence-corrected chi connectivity index (χ3v) is 3.57. The summed E-state index contributed by atoms with van der Waals surface area (Å²) >= 11 is 1.60. The molecule has 0 heterocycles. The van der Waals surface area contributed by atoms with Crippen molar-refractivity contribution in [1.29, 1.82) is 0 Å². The minimum absolute atomic E-state index is 0. The number of sulfonamides is 1. The van der Waals surface area contributed by atoms with E-state index in [0.29, 0.717) is 6.42 Å². The highest BCUT2D eigenvalue weighted by atomic mass is 35.5. The molecule has 1 unspecified atom stereocenters. The van der Waals surface area contributed by atoms with Gasteiger partial charge in [-0.25, -0.2) is 13.6 Å². The van der Waals surface area contributed by atoms with Crippen molar-refractivity contribution in [3.8, 4) is 0 Å². The van der Waals surface area contributed by atoms with E-state index in [0.717, 1.165) is 5.75 Å². The van der Waals surface area contributed by atoms with Gasteiger partial charge in [-0.3, -0.25) is 4.79 Å². The van der Waals surface area contributed by atoms with E-state index in [1.165, 1.54) is 13.8 Å². The van der Waals surface area contributed by atoms with Crippen LogP contribution in [0.25, 0.3) is 0 Å². The molecular formula is C8H21ClN2O4S2. The van der Waals surface area contributed by atoms with Gasteiger partial charge in [-0.05, 0) is 32.3 Å². The van der Waals surface area contributed by atoms with Gasteiger partial charge in [0.1, 0.15) is 6.04 Å². The Balaban J connectivity index is -0.000000224. The summed E-state index contributed by atoms with van der Waals surface area (Å²) < 4.78 is 20.2. The number of carboxylic acid groups (broad SMARTS) is 1. The molecule has 6 nitrogen and oxygen atoms in total. The van der Waals surface area contributed by atoms with Crippen molar-refractivity contribution in [1.82, 2.24) is 0 Å². The first kappa shape index (κ1) is 22.2. The van der Waals surface area contributed by atoms with Gasteiger partial charge >= 0.3 is 5.97 Å². The van der Waals surface area contributed by atoms with Crippen molar-refractivity contribution in [3.63, 3.8) is 0 Å². The third kappa shape index (κ3) is 16.0. The lowest BCUT2D eigenvalue weighted by Crippen LogP contribution is -2.30. The fraction of sp³-hybridized carbons (Fsp3) is 0.875. The van der Waals surface area contributed by atoms with E-state index in [1.807, 2.05) is 6.26 Å². The van der Waals surface area contributed by atoms with Crippen molar-refractivity contribution in [2.24, 2.45) is 10.9 Å². The summed E-state index contributed by atoms with van der Waals surface area (Å²) in [6.45, 7) is 3.07. The second kappa shape index (κ2) is 11.1. The molecule has 17 heavy (non-hydrogen) atoms. The quantitative estimate of drug-likeness (QED) is 0.669. The number of hydrogen-bond donors (Lipinski definition) is 3. The van der Waals surface area contributed by atoms with Gasteiger partial charge in [-0.1, -0.05) is 0 Å². The third-order valence-electron chi connectivity index (χ3n) is 1.61. The first-order valence-corrected chi connectivity index (χ1v) is 7.62. The molecule has 0 aromatic rings. The van der Waals surface area contributed by atoms with E-state index >= 15 is 0 Å². The second-order valence-electron chi connectivity index (χ2n) is 3.36. The minimum atomic E-state index is -3.24. The Morgan fingerprint density at radius 1 is 1.41 bits per heavy atom. The van der Waals surface area contributed by atoms with Crippen molar-refractivity contribution in [2.45, 2.75) is 31.6 Å². The molecule has 0 aliphatic rings. The Labute approximate surface area is 113 Å². The zero-order chi connectivity index (χ0) is 13.4. The Morgan fingerprint density at radius 3 is 1.94 bits per heavy atom. The number of nitrogens with two attached hydrogens (primary N) is 2. The Hall–Kier alpha value is -0.0200. The summed E-state index contributed by atoms with van der Waals surface area (Å²) in [5.41, 5.74) is 5.19. The van der Waals surface area contributed by atoms with Crippen LogP contribution in [0.15, 0.2) is 0 Å². The molecule has 0 aliphatic carbocycles. The van der Waals surface area contributed by atoms with Gasteiger partial charge in [0.25, 0.3) is 0 Å². The molecule has 0 amide bonds. The number of rotatable bonds is 5. The maximum atomic E-state index is 10.1. The van der Waals surface area contributed by atoms with Gasteiger partial charge in [0.05, 0.1) is 5.25 Å². The fourth-order valence-corrected chi connectivity index (χ4v) is 0.858. The highest BCUT2D eigenvalue weighted by Gasteiger charge is 2.09. The average Bonchev–Trinajstić information content (AvgIpc) is 2.13. The van der Waals surface area contributed by atoms with Crippen molar-refractivity contribution >= 4 is 40.2 Å². The summed E-state index contributed by atoms with van der Waals surface area (Å²) in [6.07, 6.45) is 2.48. The molecule has 0 aliphatic heterocycles. The van der Waals surface area contributed by atoms with Crippen LogP contribution in [0.5, 0.6) is 0 Å². The van der Waals surface area contributed by atoms with Crippen LogP contribution in [-0.2, 0) is 14.8 Å². The Bertz CT molecular complexity index is 296. The topological polar surface area (TPSA) is 123 Å². The summed E-state index contributed by atoms with van der Waals surface area (Å²) in [5.74, 6) is -0.1000. The number of carbonyl (C=O) groups is 1. The maximum absolute atomic E-state index is 10.1. The van der Waals surface area contributed by atoms with Crippen molar-refractivity contribution < 1.29 is 18.3 Å². The van der Waals surface area contributed by atoms with Crippen molar-refractivity contribution in [2.75, 3.05) is 12.0 Å². The number of primary sulfonamides is 1. The van der Waals surface area contributed by atoms with Crippen LogP contribution in [0.3, 0.4) is 0 Å². The SMILES string of the molecule is CC(C)S(N)(=O)=O.CSCCC(N)C(=O)O.Cl. The molecular weight excluding hydrogens is 288 g/mol. The normalized spacial score (nSPS) is 12.1. The van der Waals surface area contributed by atoms with E-state index in [1.54, 1.807) is 11.8 Å². The highest BCUT2D eigenvalue weighted by Crippen LogP contribution is 1.97. The van der Waals surface area contributed by atoms with Crippen LogP contribution >= 0.6 is 24.2 Å². The van der Waals surface area contributed by atoms with Crippen molar-refractivity contribution in [3.05, 3.63) is 0 Å². The molecule has 106 valence electrons. The lowest BCUT2D eigenvalue weighted by Gasteiger charge is -2.02. The number of thioether (sulfide) groups is 1. The van der Waals surface area contributed by atoms with Crippen LogP contribution < -0.4 is 10.9 Å². The molecule has 0 saturated heterocycles. The zero-order valence-corrected chi connectivity index (χ0v) is 12.6. The Morgan fingerprint density at radius 2 is 1.76 bits per heavy atom. The number of carboxylic acids is 1. The number of aliphatic carboxylic acids is 1. The van der Waals surface area contributed by atoms with Crippen LogP contribution in [0.1, 0.15) is 20.3 Å². The van der Waals surface area contributed by atoms with Crippen LogP contribution in [-0.4, -0.2) is 42.8 Å². The summed E-state index contributed by atoms with van der Waals surface area (Å²) in [5, 5.41) is 12.5. The molecule has 0 saturated carbocycles. The predicted octanol–water partition coefficient (Wildman–Crippen LogP) is 0.257. The van der Waals surface area contributed by atoms with E-state index in [9.17, 15) is 13.2 Å². The lowest BCUT2D eigenvalue weighted by molar-refractivity contribution is -0.138. The monoisotopic (exact) mass is 308 g/mol. The molecule has 9 heteroatoms. The van der Waals surface area contributed by atoms with Gasteiger partial charge in [0.15, 0.2) is 0 Å². The molecule has 1 atom stereocenters. The van der Waals surface area contributed by atoms with E-state index in [4.69, 9.17) is 10.8 Å². The zero-order valence-electron chi connectivity index (χ0n) is 10.1. The summed E-state index contributed by atoms with van der Waals surface area (Å²) in [7, 11) is -3.24. The minimum Gasteiger partial charge on any atom is -0.480 e. The predicted molar refractivity (Wildman–Crippen MR) is 74.1 cm³/mol. The number of halogens is 1. The van der Waals surface area contributed by atoms with E-state index in [-0.39, 0.29) is 12.4 Å². The molecule has 0 spiro atoms. The van der Waals surface area contributed by atoms with Crippen LogP contribution in [0.4, 0.5) is 0 Å². The molecule has 0 bridgehead atoms. The van der Waals surface area contributed by atoms with Gasteiger partial charge in [0, 0.05) is 0 Å². The van der Waals surface area contributed by atoms with Crippen LogP contribution in [0, 0.1) is 0 Å². The number of hydrogen-bond acceptors (Lipinski definition) is 5. The van der Waals surface area contributed by atoms with E-state index < -0.39 is 27.3 Å². The maximum Gasteiger partial charge on any atom is 0.320 e. The largest absolute Gasteiger partial charge is 0.480 e. The first-order chi connectivity index (χ1) is 7.12. The smallest absolute Gasteiger partial charge is 0.320 e. The van der Waals surface area contributed by atoms with Gasteiger partial charge in [-0.2, -0.15) is 11.8 Å². The lowest BCUT2D eigenvalue weighted by atomic mass is 10.2.